The van der Waals surface area contributed by atoms with Crippen molar-refractivity contribution in [1.29, 1.82) is 0 Å². The SMILES string of the molecule is CC(C)CCC(=O)NCC(=O)NCCC(C)(C)C(=O)O. The van der Waals surface area contributed by atoms with Crippen molar-refractivity contribution >= 4 is 17.8 Å². The van der Waals surface area contributed by atoms with E-state index in [1.165, 1.54) is 0 Å². The molecule has 6 heteroatoms. The summed E-state index contributed by atoms with van der Waals surface area (Å²) < 4.78 is 0. The lowest BCUT2D eigenvalue weighted by molar-refractivity contribution is -0.147. The van der Waals surface area contributed by atoms with Crippen LogP contribution in [0.1, 0.15) is 47.0 Å². The van der Waals surface area contributed by atoms with E-state index in [0.29, 0.717) is 18.8 Å². The van der Waals surface area contributed by atoms with Crippen LogP contribution in [0.15, 0.2) is 0 Å². The summed E-state index contributed by atoms with van der Waals surface area (Å²) in [5, 5.41) is 14.1. The van der Waals surface area contributed by atoms with E-state index in [1.54, 1.807) is 13.8 Å². The third-order valence-electron chi connectivity index (χ3n) is 3.05. The predicted molar refractivity (Wildman–Crippen MR) is 76.1 cm³/mol. The summed E-state index contributed by atoms with van der Waals surface area (Å²) in [4.78, 5) is 33.7. The molecule has 0 aromatic heterocycles. The number of hydrogen-bond acceptors (Lipinski definition) is 3. The van der Waals surface area contributed by atoms with Crippen LogP contribution in [-0.4, -0.2) is 36.0 Å². The average Bonchev–Trinajstić information content (AvgIpc) is 2.33. The molecule has 0 saturated heterocycles. The largest absolute Gasteiger partial charge is 0.481 e. The lowest BCUT2D eigenvalue weighted by Crippen LogP contribution is -2.39. The molecule has 0 rings (SSSR count). The molecule has 0 spiro atoms. The summed E-state index contributed by atoms with van der Waals surface area (Å²) in [6, 6.07) is 0. The first kappa shape index (κ1) is 18.4. The Hall–Kier alpha value is -1.59. The monoisotopic (exact) mass is 286 g/mol. The summed E-state index contributed by atoms with van der Waals surface area (Å²) in [5.74, 6) is -0.884. The molecule has 2 amide bonds. The van der Waals surface area contributed by atoms with Gasteiger partial charge in [-0.3, -0.25) is 14.4 Å². The number of nitrogens with one attached hydrogen (secondary N) is 2. The van der Waals surface area contributed by atoms with Gasteiger partial charge in [-0.15, -0.1) is 0 Å². The van der Waals surface area contributed by atoms with Gasteiger partial charge in [-0.1, -0.05) is 13.8 Å². The highest BCUT2D eigenvalue weighted by Gasteiger charge is 2.26. The molecule has 0 aliphatic heterocycles. The van der Waals surface area contributed by atoms with Gasteiger partial charge in [-0.05, 0) is 32.6 Å². The zero-order valence-electron chi connectivity index (χ0n) is 12.8. The van der Waals surface area contributed by atoms with Gasteiger partial charge < -0.3 is 15.7 Å². The van der Waals surface area contributed by atoms with Gasteiger partial charge in [0.25, 0.3) is 0 Å². The molecule has 0 fully saturated rings. The van der Waals surface area contributed by atoms with Crippen molar-refractivity contribution in [3.8, 4) is 0 Å². The van der Waals surface area contributed by atoms with Gasteiger partial charge in [-0.25, -0.2) is 0 Å². The van der Waals surface area contributed by atoms with Crippen LogP contribution in [0.2, 0.25) is 0 Å². The molecule has 0 atom stereocenters. The Morgan fingerprint density at radius 2 is 1.70 bits per heavy atom. The molecule has 0 aliphatic rings. The third-order valence-corrected chi connectivity index (χ3v) is 3.05. The second kappa shape index (κ2) is 8.55. The van der Waals surface area contributed by atoms with E-state index in [1.807, 2.05) is 13.8 Å². The highest BCUT2D eigenvalue weighted by atomic mass is 16.4. The zero-order valence-corrected chi connectivity index (χ0v) is 12.8. The minimum absolute atomic E-state index is 0.0651. The van der Waals surface area contributed by atoms with Crippen LogP contribution in [0.3, 0.4) is 0 Å². The second-order valence-corrected chi connectivity index (χ2v) is 6.00. The number of carboxylic acids is 1. The van der Waals surface area contributed by atoms with Crippen LogP contribution in [0.5, 0.6) is 0 Å². The lowest BCUT2D eigenvalue weighted by Gasteiger charge is -2.18. The zero-order chi connectivity index (χ0) is 15.8. The smallest absolute Gasteiger partial charge is 0.309 e. The maximum Gasteiger partial charge on any atom is 0.309 e. The fourth-order valence-corrected chi connectivity index (χ4v) is 1.37. The Labute approximate surface area is 120 Å². The molecule has 6 nitrogen and oxygen atoms in total. The van der Waals surface area contributed by atoms with Gasteiger partial charge in [0.05, 0.1) is 12.0 Å². The maximum atomic E-state index is 11.5. The number of rotatable bonds is 9. The topological polar surface area (TPSA) is 95.5 Å². The second-order valence-electron chi connectivity index (χ2n) is 6.00. The van der Waals surface area contributed by atoms with Gasteiger partial charge in [-0.2, -0.15) is 0 Å². The first-order valence-corrected chi connectivity index (χ1v) is 6.92. The van der Waals surface area contributed by atoms with E-state index in [0.717, 1.165) is 6.42 Å². The molecule has 0 unspecified atom stereocenters. The summed E-state index contributed by atoms with van der Waals surface area (Å²) in [6.07, 6.45) is 1.55. The minimum Gasteiger partial charge on any atom is -0.481 e. The Morgan fingerprint density at radius 1 is 1.10 bits per heavy atom. The molecule has 0 bridgehead atoms. The number of amides is 2. The Morgan fingerprint density at radius 3 is 2.20 bits per heavy atom. The lowest BCUT2D eigenvalue weighted by atomic mass is 9.90. The minimum atomic E-state index is -0.895. The van der Waals surface area contributed by atoms with Crippen molar-refractivity contribution in [3.63, 3.8) is 0 Å². The van der Waals surface area contributed by atoms with E-state index in [2.05, 4.69) is 10.6 Å². The van der Waals surface area contributed by atoms with Crippen LogP contribution in [0.25, 0.3) is 0 Å². The van der Waals surface area contributed by atoms with E-state index >= 15 is 0 Å². The van der Waals surface area contributed by atoms with Gasteiger partial charge in [0.1, 0.15) is 0 Å². The van der Waals surface area contributed by atoms with Gasteiger partial charge >= 0.3 is 5.97 Å². The van der Waals surface area contributed by atoms with Crippen LogP contribution < -0.4 is 10.6 Å². The Kier molecular flexibility index (Phi) is 7.87. The molecule has 0 heterocycles. The maximum absolute atomic E-state index is 11.5. The average molecular weight is 286 g/mol. The van der Waals surface area contributed by atoms with Crippen molar-refractivity contribution in [1.82, 2.24) is 10.6 Å². The van der Waals surface area contributed by atoms with Gasteiger partial charge in [0, 0.05) is 13.0 Å². The van der Waals surface area contributed by atoms with Gasteiger partial charge in [0.2, 0.25) is 11.8 Å². The number of hydrogen-bond donors (Lipinski definition) is 3. The van der Waals surface area contributed by atoms with Crippen LogP contribution in [0.4, 0.5) is 0 Å². The van der Waals surface area contributed by atoms with Crippen LogP contribution >= 0.6 is 0 Å². The first-order valence-electron chi connectivity index (χ1n) is 6.92. The highest BCUT2D eigenvalue weighted by molar-refractivity contribution is 5.84. The van der Waals surface area contributed by atoms with E-state index in [-0.39, 0.29) is 24.9 Å². The molecule has 3 N–H and O–H groups in total. The van der Waals surface area contributed by atoms with Crippen LogP contribution in [0, 0.1) is 11.3 Å². The van der Waals surface area contributed by atoms with Gasteiger partial charge in [0.15, 0.2) is 0 Å². The van der Waals surface area contributed by atoms with Crippen molar-refractivity contribution in [2.75, 3.05) is 13.1 Å². The summed E-state index contributed by atoms with van der Waals surface area (Å²) in [6.45, 7) is 7.49. The van der Waals surface area contributed by atoms with E-state index in [4.69, 9.17) is 5.11 Å². The molecule has 0 aromatic carbocycles. The Balaban J connectivity index is 3.80. The number of carbonyl (C=O) groups excluding carboxylic acids is 2. The van der Waals surface area contributed by atoms with Crippen LogP contribution in [-0.2, 0) is 14.4 Å². The predicted octanol–water partition coefficient (Wildman–Crippen LogP) is 1.16. The fourth-order valence-electron chi connectivity index (χ4n) is 1.37. The number of aliphatic carboxylic acids is 1. The quantitative estimate of drug-likeness (QED) is 0.592. The molecular formula is C14H26N2O4. The number of carbonyl (C=O) groups is 3. The standard InChI is InChI=1S/C14H26N2O4/c1-10(2)5-6-11(17)16-9-12(18)15-8-7-14(3,4)13(19)20/h10H,5-9H2,1-4H3,(H,15,18)(H,16,17)(H,19,20). The number of carboxylic acid groups (broad SMARTS) is 1. The fraction of sp³-hybridized carbons (Fsp3) is 0.786. The third kappa shape index (κ3) is 8.50. The van der Waals surface area contributed by atoms with Crippen molar-refractivity contribution in [2.24, 2.45) is 11.3 Å². The summed E-state index contributed by atoms with van der Waals surface area (Å²) in [7, 11) is 0. The molecule has 0 aliphatic carbocycles. The highest BCUT2D eigenvalue weighted by Crippen LogP contribution is 2.19. The summed E-state index contributed by atoms with van der Waals surface area (Å²) in [5.41, 5.74) is -0.867. The van der Waals surface area contributed by atoms with E-state index in [9.17, 15) is 14.4 Å². The molecule has 20 heavy (non-hydrogen) atoms. The van der Waals surface area contributed by atoms with E-state index < -0.39 is 11.4 Å². The molecular weight excluding hydrogens is 260 g/mol. The van der Waals surface area contributed by atoms with Crippen molar-refractivity contribution < 1.29 is 19.5 Å². The first-order chi connectivity index (χ1) is 9.15. The Bertz CT molecular complexity index is 351. The normalized spacial score (nSPS) is 11.2. The summed E-state index contributed by atoms with van der Waals surface area (Å²) >= 11 is 0. The van der Waals surface area contributed by atoms with Crippen molar-refractivity contribution in [2.45, 2.75) is 47.0 Å². The molecule has 116 valence electrons. The molecule has 0 radical (unpaired) electrons. The molecule has 0 saturated carbocycles. The van der Waals surface area contributed by atoms with Crippen molar-refractivity contribution in [3.05, 3.63) is 0 Å². The molecule has 0 aromatic rings.